The summed E-state index contributed by atoms with van der Waals surface area (Å²) in [6.45, 7) is 7.77. The number of likely N-dealkylation sites (tertiary alicyclic amines) is 1. The number of nitrogens with two attached hydrogens (primary N) is 1. The van der Waals surface area contributed by atoms with Crippen molar-refractivity contribution in [3.63, 3.8) is 0 Å². The summed E-state index contributed by atoms with van der Waals surface area (Å²) in [4.78, 5) is 28.7. The quantitative estimate of drug-likeness (QED) is 0.135. The second-order valence-corrected chi connectivity index (χ2v) is 13.7. The Morgan fingerprint density at radius 1 is 0.750 bits per heavy atom. The summed E-state index contributed by atoms with van der Waals surface area (Å²) in [7, 11) is 0. The average molecular weight is 862 g/mol. The van der Waals surface area contributed by atoms with Gasteiger partial charge in [-0.25, -0.2) is 9.97 Å². The topological polar surface area (TPSA) is 195 Å². The lowest BCUT2D eigenvalue weighted by Crippen LogP contribution is -2.54. The molecule has 332 valence electrons. The standard InChI is InChI=1S/C25H30N6O.C24H6.HN7O.11H2/c26-21-18-7-3-2-6-16(18)12-25(21)8-11-31-17(13-25)15-32-24-23(31)28-19-14-27-22(20(19)29-24)30-9-4-1-5-10-30;1-3-5-7-9-11-13-15-17-19-21-23-24-22-20-18-16-14-12-10-8-6-4-2;1-2-3-4-5-6-7-8;;;;;;;;;;;/h2-3,6-7,17,21H,1,4-5,8-15,26H2;1-2H3;1H;11*1H/b;;2-1?,4-3+,6-5+;;;;;;;;;;;/t17-,21-,25-;;;;;;;;;;;;;/m1............./s1. The summed E-state index contributed by atoms with van der Waals surface area (Å²) < 4.78 is 6.24. The molecule has 2 aromatic rings. The number of nitrogens with one attached hydrogen (secondary N) is 1. The first kappa shape index (κ1) is 46.0. The first-order valence-corrected chi connectivity index (χ1v) is 19.8. The largest absolute Gasteiger partial charge is 0.473 e. The van der Waals surface area contributed by atoms with E-state index in [1.165, 1.54) is 30.4 Å². The molecule has 0 amide bonds. The van der Waals surface area contributed by atoms with Crippen LogP contribution in [0, 0.1) is 146 Å². The van der Waals surface area contributed by atoms with E-state index < -0.39 is 0 Å². The summed E-state index contributed by atoms with van der Waals surface area (Å²) in [6.07, 6.45) is 6.95. The summed E-state index contributed by atoms with van der Waals surface area (Å²) in [5.74, 6) is 58.2. The molecule has 0 saturated carbocycles. The van der Waals surface area contributed by atoms with E-state index in [4.69, 9.17) is 35.9 Å². The van der Waals surface area contributed by atoms with Gasteiger partial charge in [-0.3, -0.25) is 4.99 Å². The SMILES string of the molecule is CC#CC#CC#CC#CC#CC#CC#CC#CC#CC#CC#CC.N=N/N=N/N=N/N=O.N[C@@H]1c2ccccc2C[C@@]12CCN1c3nc4c(nc3OC[C@H]1C2)C(N1CCCCC1)=NC4.[HH].[HH].[HH].[HH].[HH].[HH].[HH].[HH].[HH].[HH].[HH]. The molecule has 2 saturated heterocycles. The Bertz CT molecular complexity index is 2880. The van der Waals surface area contributed by atoms with Crippen LogP contribution < -0.4 is 15.4 Å². The van der Waals surface area contributed by atoms with Gasteiger partial charge in [-0.2, -0.15) is 5.53 Å². The van der Waals surface area contributed by atoms with Crippen LogP contribution >= 0.6 is 0 Å². The number of ether oxygens (including phenoxy) is 1. The predicted octanol–water partition coefficient (Wildman–Crippen LogP) is 8.03. The van der Waals surface area contributed by atoms with E-state index in [1.807, 2.05) is 5.29 Å². The van der Waals surface area contributed by atoms with Gasteiger partial charge >= 0.3 is 0 Å². The molecule has 3 atom stereocenters. The molecule has 0 bridgehead atoms. The third-order valence-corrected chi connectivity index (χ3v) is 10.0. The van der Waals surface area contributed by atoms with Crippen LogP contribution in [-0.2, 0) is 13.0 Å². The first-order chi connectivity index (χ1) is 31.5. The highest BCUT2D eigenvalue weighted by atomic mass is 16.5. The maximum atomic E-state index is 9.08. The van der Waals surface area contributed by atoms with E-state index in [-0.39, 0.29) is 27.1 Å². The molecule has 64 heavy (non-hydrogen) atoms. The van der Waals surface area contributed by atoms with Gasteiger partial charge in [-0.05, 0) is 179 Å². The number of benzene rings is 1. The molecule has 15 nitrogen and oxygen atoms in total. The molecule has 1 spiro atoms. The van der Waals surface area contributed by atoms with E-state index in [2.05, 4.69) is 190 Å². The molecular formula is C49H59N13O2. The predicted molar refractivity (Wildman–Crippen MR) is 264 cm³/mol. The van der Waals surface area contributed by atoms with E-state index in [0.717, 1.165) is 61.9 Å². The zero-order valence-corrected chi connectivity index (χ0v) is 35.1. The molecule has 1 aromatic carbocycles. The van der Waals surface area contributed by atoms with Crippen LogP contribution in [0.5, 0.6) is 5.88 Å². The highest BCUT2D eigenvalue weighted by molar-refractivity contribution is 6.00. The van der Waals surface area contributed by atoms with E-state index >= 15 is 0 Å². The number of hydrogen-bond acceptors (Lipinski definition) is 9. The zero-order chi connectivity index (χ0) is 45.1. The molecule has 2 fully saturated rings. The zero-order valence-electron chi connectivity index (χ0n) is 35.1. The average Bonchev–Trinajstić information content (AvgIpc) is 3.86. The van der Waals surface area contributed by atoms with E-state index in [9.17, 15) is 0 Å². The molecule has 1 aromatic heterocycles. The highest BCUT2D eigenvalue weighted by Gasteiger charge is 2.50. The van der Waals surface area contributed by atoms with Crippen LogP contribution in [0.3, 0.4) is 0 Å². The van der Waals surface area contributed by atoms with Crippen molar-refractivity contribution in [3.05, 3.63) is 51.7 Å². The van der Waals surface area contributed by atoms with Gasteiger partial charge in [0.25, 0.3) is 5.88 Å². The van der Waals surface area contributed by atoms with Gasteiger partial charge < -0.3 is 20.3 Å². The molecule has 0 radical (unpaired) electrons. The number of aromatic nitrogens is 2. The highest BCUT2D eigenvalue weighted by Crippen LogP contribution is 2.53. The number of hydrogen-bond donors (Lipinski definition) is 2. The molecular weight excluding hydrogens is 803 g/mol. The van der Waals surface area contributed by atoms with E-state index in [0.29, 0.717) is 25.1 Å². The van der Waals surface area contributed by atoms with Crippen LogP contribution in [0.15, 0.2) is 60.7 Å². The lowest BCUT2D eigenvalue weighted by molar-refractivity contribution is 0.120. The number of piperidine rings is 2. The molecule has 15 heteroatoms. The minimum absolute atomic E-state index is 0. The second-order valence-electron chi connectivity index (χ2n) is 13.7. The van der Waals surface area contributed by atoms with Crippen LogP contribution in [0.2, 0.25) is 0 Å². The fourth-order valence-corrected chi connectivity index (χ4v) is 7.43. The van der Waals surface area contributed by atoms with Crippen LogP contribution in [-0.4, -0.2) is 53.0 Å². The molecule has 5 heterocycles. The van der Waals surface area contributed by atoms with Gasteiger partial charge in [0.05, 0.1) is 18.3 Å². The monoisotopic (exact) mass is 861 g/mol. The molecule has 5 aliphatic rings. The maximum Gasteiger partial charge on any atom is 0.258 e. The van der Waals surface area contributed by atoms with Gasteiger partial charge in [0, 0.05) is 75.5 Å². The lowest BCUT2D eigenvalue weighted by Gasteiger charge is -2.49. The maximum absolute atomic E-state index is 9.08. The number of anilines is 1. The van der Waals surface area contributed by atoms with Crippen LogP contribution in [0.1, 0.15) is 90.2 Å². The Kier molecular flexibility index (Phi) is 18.3. The summed E-state index contributed by atoms with van der Waals surface area (Å²) in [5, 5.41) is 14.9. The van der Waals surface area contributed by atoms with Gasteiger partial charge in [0.15, 0.2) is 11.7 Å². The third-order valence-electron chi connectivity index (χ3n) is 10.0. The van der Waals surface area contributed by atoms with Gasteiger partial charge in [-0.15, -0.1) is 4.91 Å². The number of nitroso groups, excluding NO2 is 1. The number of aliphatic imine (C=N–C) groups is 1. The number of rotatable bonds is 3. The van der Waals surface area contributed by atoms with Crippen molar-refractivity contribution in [2.24, 2.45) is 47.5 Å². The Labute approximate surface area is 389 Å². The fourth-order valence-electron chi connectivity index (χ4n) is 7.43. The first-order valence-electron chi connectivity index (χ1n) is 19.8. The number of amidine groups is 1. The molecule has 4 aliphatic heterocycles. The summed E-state index contributed by atoms with van der Waals surface area (Å²) in [5.41, 5.74) is 17.6. The van der Waals surface area contributed by atoms with Gasteiger partial charge in [0.1, 0.15) is 17.6 Å². The van der Waals surface area contributed by atoms with Crippen molar-refractivity contribution in [2.45, 2.75) is 71.0 Å². The Morgan fingerprint density at radius 3 is 1.86 bits per heavy atom. The van der Waals surface area contributed by atoms with Crippen LogP contribution in [0.4, 0.5) is 5.82 Å². The minimum atomic E-state index is 0. The Balaban J connectivity index is -0.000000196. The van der Waals surface area contributed by atoms with Crippen molar-refractivity contribution in [1.29, 1.82) is 5.53 Å². The lowest BCUT2D eigenvalue weighted by atomic mass is 9.70. The Morgan fingerprint density at radius 2 is 1.31 bits per heavy atom. The fraction of sp³-hybridized carbons (Fsp3) is 0.327. The Hall–Kier alpha value is -9.11. The second kappa shape index (κ2) is 25.5. The third kappa shape index (κ3) is 13.2. The molecule has 1 aliphatic carbocycles. The molecule has 7 rings (SSSR count). The number of nitrogens with zero attached hydrogens (tertiary/aromatic N) is 11. The van der Waals surface area contributed by atoms with Crippen molar-refractivity contribution in [3.8, 4) is 136 Å². The van der Waals surface area contributed by atoms with Crippen molar-refractivity contribution in [2.75, 3.05) is 31.1 Å². The summed E-state index contributed by atoms with van der Waals surface area (Å²) >= 11 is 0. The number of fused-ring (bicyclic) bond motifs is 5. The van der Waals surface area contributed by atoms with Crippen molar-refractivity contribution in [1.82, 2.24) is 14.9 Å². The van der Waals surface area contributed by atoms with Crippen LogP contribution in [0.25, 0.3) is 0 Å². The van der Waals surface area contributed by atoms with E-state index in [1.54, 1.807) is 13.8 Å². The molecule has 3 N–H and O–H groups in total. The minimum Gasteiger partial charge on any atom is -0.473 e. The van der Waals surface area contributed by atoms with Crippen molar-refractivity contribution < 1.29 is 20.4 Å². The smallest absolute Gasteiger partial charge is 0.258 e. The van der Waals surface area contributed by atoms with Gasteiger partial charge in [0.2, 0.25) is 0 Å². The summed E-state index contributed by atoms with van der Waals surface area (Å²) in [6, 6.07) is 9.11. The normalized spacial score (nSPS) is 18.0. The van der Waals surface area contributed by atoms with Crippen molar-refractivity contribution >= 4 is 11.7 Å². The molecule has 0 unspecified atom stereocenters. The van der Waals surface area contributed by atoms with Gasteiger partial charge in [-0.1, -0.05) is 36.1 Å².